The lowest BCUT2D eigenvalue weighted by Gasteiger charge is -2.08. The van der Waals surface area contributed by atoms with E-state index in [1.165, 1.54) is 0 Å². The maximum atomic E-state index is 5.63. The zero-order valence-electron chi connectivity index (χ0n) is 14.7. The third kappa shape index (κ3) is 2.54. The minimum absolute atomic E-state index is 0.540. The van der Waals surface area contributed by atoms with Gasteiger partial charge in [0, 0.05) is 16.5 Å². The lowest BCUT2D eigenvalue weighted by Crippen LogP contribution is -1.89. The molecule has 0 amide bonds. The normalized spacial score (nSPS) is 11.1. The minimum atomic E-state index is 0.540. The fourth-order valence-electron chi connectivity index (χ4n) is 3.43. The quantitative estimate of drug-likeness (QED) is 0.417. The highest BCUT2D eigenvalue weighted by Crippen LogP contribution is 2.37. The van der Waals surface area contributed by atoms with Crippen LogP contribution in [0, 0.1) is 0 Å². The van der Waals surface area contributed by atoms with Gasteiger partial charge in [-0.15, -0.1) is 0 Å². The van der Waals surface area contributed by atoms with Crippen molar-refractivity contribution >= 4 is 21.9 Å². The molecule has 0 N–H and O–H groups in total. The molecule has 4 nitrogen and oxygen atoms in total. The zero-order chi connectivity index (χ0) is 18.2. The Morgan fingerprint density at radius 3 is 2.11 bits per heavy atom. The van der Waals surface area contributed by atoms with Crippen LogP contribution in [0.3, 0.4) is 0 Å². The van der Waals surface area contributed by atoms with Gasteiger partial charge < -0.3 is 9.26 Å². The summed E-state index contributed by atoms with van der Waals surface area (Å²) in [4.78, 5) is 4.81. The molecule has 0 radical (unpaired) electrons. The van der Waals surface area contributed by atoms with Crippen molar-refractivity contribution in [3.63, 3.8) is 0 Å². The highest BCUT2D eigenvalue weighted by molar-refractivity contribution is 6.14. The smallest absolute Gasteiger partial charge is 0.259 e. The number of hydrogen-bond donors (Lipinski definition) is 0. The molecule has 5 rings (SSSR count). The molecule has 27 heavy (non-hydrogen) atoms. The van der Waals surface area contributed by atoms with Gasteiger partial charge in [0.2, 0.25) is 0 Å². The van der Waals surface area contributed by atoms with Crippen molar-refractivity contribution in [1.82, 2.24) is 10.1 Å². The molecule has 0 aliphatic rings. The Kier molecular flexibility index (Phi) is 3.61. The maximum absolute atomic E-state index is 5.63. The Balaban J connectivity index is 1.81. The van der Waals surface area contributed by atoms with Gasteiger partial charge in [-0.1, -0.05) is 59.8 Å². The maximum Gasteiger partial charge on any atom is 0.259 e. The van der Waals surface area contributed by atoms with Crippen LogP contribution in [-0.2, 0) is 0 Å². The Bertz CT molecular complexity index is 1240. The summed E-state index contributed by atoms with van der Waals surface area (Å²) in [5, 5.41) is 7.40. The van der Waals surface area contributed by atoms with E-state index in [4.69, 9.17) is 14.2 Å². The summed E-state index contributed by atoms with van der Waals surface area (Å²) in [6.07, 6.45) is 0. The number of aromatic nitrogens is 2. The second-order valence-electron chi connectivity index (χ2n) is 6.31. The standard InChI is InChI=1S/C23H16N2O2/c1-26-17-13-11-16(12-14-17)21-19-10-6-5-9-18(19)20-22(25-27-23(20)24-21)15-7-3-2-4-8-15/h2-14H,1H3. The molecule has 0 aliphatic carbocycles. The predicted molar refractivity (Wildman–Crippen MR) is 107 cm³/mol. The van der Waals surface area contributed by atoms with Gasteiger partial charge in [0.15, 0.2) is 0 Å². The number of rotatable bonds is 3. The third-order valence-corrected chi connectivity index (χ3v) is 4.75. The molecule has 130 valence electrons. The Hall–Kier alpha value is -3.66. The predicted octanol–water partition coefficient (Wildman–Crippen LogP) is 5.72. The molecule has 0 atom stereocenters. The number of nitrogens with zero attached hydrogens (tertiary/aromatic N) is 2. The molecule has 3 aromatic carbocycles. The molecule has 0 saturated heterocycles. The van der Waals surface area contributed by atoms with E-state index in [0.29, 0.717) is 5.71 Å². The summed E-state index contributed by atoms with van der Waals surface area (Å²) >= 11 is 0. The Labute approximate surface area is 156 Å². The molecule has 0 fully saturated rings. The van der Waals surface area contributed by atoms with Gasteiger partial charge in [-0.05, 0) is 29.7 Å². The van der Waals surface area contributed by atoms with Gasteiger partial charge in [-0.2, -0.15) is 0 Å². The summed E-state index contributed by atoms with van der Waals surface area (Å²) in [7, 11) is 1.66. The number of fused-ring (bicyclic) bond motifs is 3. The van der Waals surface area contributed by atoms with Gasteiger partial charge in [0.05, 0.1) is 18.2 Å². The average molecular weight is 352 g/mol. The first kappa shape index (κ1) is 15.6. The van der Waals surface area contributed by atoms with Crippen LogP contribution in [0.2, 0.25) is 0 Å². The molecule has 2 aromatic heterocycles. The minimum Gasteiger partial charge on any atom is -0.497 e. The van der Waals surface area contributed by atoms with E-state index in [-0.39, 0.29) is 0 Å². The van der Waals surface area contributed by atoms with Crippen molar-refractivity contribution in [3.8, 4) is 28.3 Å². The van der Waals surface area contributed by atoms with Crippen LogP contribution in [0.4, 0.5) is 0 Å². The number of benzene rings is 3. The average Bonchev–Trinajstić information content (AvgIpc) is 3.18. The summed E-state index contributed by atoms with van der Waals surface area (Å²) in [5.74, 6) is 0.815. The van der Waals surface area contributed by atoms with E-state index in [1.54, 1.807) is 7.11 Å². The first-order valence-electron chi connectivity index (χ1n) is 8.73. The first-order chi connectivity index (χ1) is 13.3. The highest BCUT2D eigenvalue weighted by Gasteiger charge is 2.18. The molecule has 0 spiro atoms. The number of pyridine rings is 1. The largest absolute Gasteiger partial charge is 0.497 e. The van der Waals surface area contributed by atoms with E-state index in [1.807, 2.05) is 66.7 Å². The van der Waals surface area contributed by atoms with Crippen LogP contribution in [0.25, 0.3) is 44.4 Å². The Morgan fingerprint density at radius 2 is 1.37 bits per heavy atom. The van der Waals surface area contributed by atoms with Crippen LogP contribution in [-0.4, -0.2) is 17.3 Å². The summed E-state index contributed by atoms with van der Waals surface area (Å²) < 4.78 is 10.9. The highest BCUT2D eigenvalue weighted by atomic mass is 16.5. The van der Waals surface area contributed by atoms with E-state index in [9.17, 15) is 0 Å². The van der Waals surface area contributed by atoms with Crippen molar-refractivity contribution in [2.24, 2.45) is 0 Å². The number of methoxy groups -OCH3 is 1. The van der Waals surface area contributed by atoms with Gasteiger partial charge in [-0.25, -0.2) is 4.98 Å². The van der Waals surface area contributed by atoms with Crippen molar-refractivity contribution in [2.45, 2.75) is 0 Å². The van der Waals surface area contributed by atoms with Crippen LogP contribution < -0.4 is 4.74 Å². The fourth-order valence-corrected chi connectivity index (χ4v) is 3.43. The SMILES string of the molecule is COc1ccc(-c2nc3onc(-c4ccccc4)c3c3ccccc23)cc1. The van der Waals surface area contributed by atoms with Gasteiger partial charge >= 0.3 is 0 Å². The summed E-state index contributed by atoms with van der Waals surface area (Å²) in [5.41, 5.74) is 4.25. The van der Waals surface area contributed by atoms with E-state index >= 15 is 0 Å². The van der Waals surface area contributed by atoms with Crippen LogP contribution in [0.1, 0.15) is 0 Å². The molecule has 2 heterocycles. The fraction of sp³-hybridized carbons (Fsp3) is 0.0435. The van der Waals surface area contributed by atoms with E-state index in [0.717, 1.165) is 44.4 Å². The van der Waals surface area contributed by atoms with Crippen molar-refractivity contribution in [3.05, 3.63) is 78.9 Å². The first-order valence-corrected chi connectivity index (χ1v) is 8.73. The lowest BCUT2D eigenvalue weighted by molar-refractivity contribution is 0.415. The third-order valence-electron chi connectivity index (χ3n) is 4.75. The topological polar surface area (TPSA) is 48.2 Å². The summed E-state index contributed by atoms with van der Waals surface area (Å²) in [6.45, 7) is 0. The molecule has 0 unspecified atom stereocenters. The molecular weight excluding hydrogens is 336 g/mol. The molecule has 5 aromatic rings. The van der Waals surface area contributed by atoms with E-state index in [2.05, 4.69) is 17.3 Å². The Morgan fingerprint density at radius 1 is 0.704 bits per heavy atom. The van der Waals surface area contributed by atoms with Gasteiger partial charge in [-0.3, -0.25) is 0 Å². The second-order valence-corrected chi connectivity index (χ2v) is 6.31. The van der Waals surface area contributed by atoms with Crippen molar-refractivity contribution in [2.75, 3.05) is 7.11 Å². The molecule has 0 bridgehead atoms. The lowest BCUT2D eigenvalue weighted by atomic mass is 9.99. The van der Waals surface area contributed by atoms with E-state index < -0.39 is 0 Å². The summed E-state index contributed by atoms with van der Waals surface area (Å²) in [6, 6.07) is 26.2. The monoisotopic (exact) mass is 352 g/mol. The van der Waals surface area contributed by atoms with Crippen molar-refractivity contribution < 1.29 is 9.26 Å². The molecular formula is C23H16N2O2. The van der Waals surface area contributed by atoms with Gasteiger partial charge in [0.1, 0.15) is 11.4 Å². The number of hydrogen-bond acceptors (Lipinski definition) is 4. The van der Waals surface area contributed by atoms with Crippen LogP contribution in [0.5, 0.6) is 5.75 Å². The van der Waals surface area contributed by atoms with Gasteiger partial charge in [0.25, 0.3) is 5.71 Å². The van der Waals surface area contributed by atoms with Crippen molar-refractivity contribution in [1.29, 1.82) is 0 Å². The van der Waals surface area contributed by atoms with Crippen LogP contribution in [0.15, 0.2) is 83.4 Å². The molecule has 0 saturated carbocycles. The zero-order valence-corrected chi connectivity index (χ0v) is 14.7. The molecule has 4 heteroatoms. The molecule has 0 aliphatic heterocycles. The van der Waals surface area contributed by atoms with Crippen LogP contribution >= 0.6 is 0 Å². The number of ether oxygens (including phenoxy) is 1. The second kappa shape index (κ2) is 6.25.